The molecular weight excluding hydrogens is 299 g/mol. The standard InChI is InChI=1S/C7H9Cl3N2O3S/c8-7(9,10)5(13)4(12(14)15)6-11-2-1-3-16-6/h5,11,13H,1-3H2. The summed E-state index contributed by atoms with van der Waals surface area (Å²) < 4.78 is -2.12. The summed E-state index contributed by atoms with van der Waals surface area (Å²) in [4.78, 5) is 10.1. The fraction of sp³-hybridized carbons (Fsp3) is 0.714. The predicted octanol–water partition coefficient (Wildman–Crippen LogP) is 1.89. The number of halogens is 3. The van der Waals surface area contributed by atoms with Crippen LogP contribution in [0.1, 0.15) is 6.42 Å². The molecule has 1 unspecified atom stereocenters. The molecule has 1 aliphatic heterocycles. The number of aliphatic hydroxyl groups is 1. The van der Waals surface area contributed by atoms with E-state index in [9.17, 15) is 15.2 Å². The fourth-order valence-electron chi connectivity index (χ4n) is 1.13. The summed E-state index contributed by atoms with van der Waals surface area (Å²) in [5.74, 6) is 0.728. The maximum Gasteiger partial charge on any atom is 0.308 e. The maximum absolute atomic E-state index is 10.8. The molecule has 0 aromatic rings. The summed E-state index contributed by atoms with van der Waals surface area (Å²) in [6.07, 6.45) is -0.871. The minimum Gasteiger partial charge on any atom is -0.378 e. The van der Waals surface area contributed by atoms with E-state index in [1.54, 1.807) is 0 Å². The second-order valence-electron chi connectivity index (χ2n) is 3.04. The number of thioether (sulfide) groups is 1. The molecule has 5 nitrogen and oxygen atoms in total. The van der Waals surface area contributed by atoms with Crippen LogP contribution in [0.4, 0.5) is 0 Å². The van der Waals surface area contributed by atoms with Crippen LogP contribution in [0.5, 0.6) is 0 Å². The molecule has 1 fully saturated rings. The van der Waals surface area contributed by atoms with Gasteiger partial charge in [0.1, 0.15) is 5.03 Å². The summed E-state index contributed by atoms with van der Waals surface area (Å²) in [5.41, 5.74) is -0.496. The molecule has 0 radical (unpaired) electrons. The summed E-state index contributed by atoms with van der Waals surface area (Å²) in [6, 6.07) is 0. The van der Waals surface area contributed by atoms with E-state index in [1.165, 1.54) is 11.8 Å². The van der Waals surface area contributed by atoms with Crippen molar-refractivity contribution in [1.29, 1.82) is 0 Å². The highest BCUT2D eigenvalue weighted by Crippen LogP contribution is 2.36. The van der Waals surface area contributed by atoms with E-state index in [2.05, 4.69) is 5.32 Å². The lowest BCUT2D eigenvalue weighted by atomic mass is 10.3. The van der Waals surface area contributed by atoms with Gasteiger partial charge >= 0.3 is 5.70 Å². The van der Waals surface area contributed by atoms with Crippen molar-refractivity contribution in [2.75, 3.05) is 12.3 Å². The largest absolute Gasteiger partial charge is 0.378 e. The fourth-order valence-corrected chi connectivity index (χ4v) is 2.47. The van der Waals surface area contributed by atoms with Crippen molar-refractivity contribution >= 4 is 46.6 Å². The molecule has 1 aliphatic rings. The van der Waals surface area contributed by atoms with Gasteiger partial charge in [0.05, 0.1) is 4.92 Å². The Labute approximate surface area is 111 Å². The van der Waals surface area contributed by atoms with Crippen molar-refractivity contribution in [1.82, 2.24) is 5.32 Å². The van der Waals surface area contributed by atoms with Crippen LogP contribution in [0.25, 0.3) is 0 Å². The first-order chi connectivity index (χ1) is 7.34. The lowest BCUT2D eigenvalue weighted by Crippen LogP contribution is -2.35. The number of hydrogen-bond donors (Lipinski definition) is 2. The van der Waals surface area contributed by atoms with Gasteiger partial charge in [0.25, 0.3) is 0 Å². The zero-order chi connectivity index (χ0) is 12.3. The Kier molecular flexibility index (Phi) is 5.00. The molecule has 0 saturated carbocycles. The number of nitrogens with zero attached hydrogens (tertiary/aromatic N) is 1. The molecule has 0 amide bonds. The molecule has 1 rings (SSSR count). The van der Waals surface area contributed by atoms with Crippen molar-refractivity contribution in [2.24, 2.45) is 0 Å². The van der Waals surface area contributed by atoms with E-state index in [1.807, 2.05) is 0 Å². The molecule has 0 aromatic carbocycles. The van der Waals surface area contributed by atoms with Gasteiger partial charge in [0.2, 0.25) is 3.79 Å². The van der Waals surface area contributed by atoms with Gasteiger partial charge in [-0.3, -0.25) is 10.1 Å². The third kappa shape index (κ3) is 3.56. The Hall–Kier alpha value is 0.120. The monoisotopic (exact) mass is 306 g/mol. The van der Waals surface area contributed by atoms with E-state index in [4.69, 9.17) is 34.8 Å². The Balaban J connectivity index is 3.02. The SMILES string of the molecule is O=[N+]([O-])C(=C1NCCCS1)C(O)C(Cl)(Cl)Cl. The molecule has 0 aliphatic carbocycles. The molecule has 16 heavy (non-hydrogen) atoms. The molecule has 1 heterocycles. The van der Waals surface area contributed by atoms with E-state index < -0.39 is 20.5 Å². The van der Waals surface area contributed by atoms with Gasteiger partial charge in [-0.1, -0.05) is 34.8 Å². The van der Waals surface area contributed by atoms with Crippen molar-refractivity contribution in [2.45, 2.75) is 16.3 Å². The highest BCUT2D eigenvalue weighted by molar-refractivity contribution is 8.03. The average Bonchev–Trinajstić information content (AvgIpc) is 2.17. The van der Waals surface area contributed by atoms with Gasteiger partial charge in [-0.15, -0.1) is 11.8 Å². The first-order valence-electron chi connectivity index (χ1n) is 4.34. The summed E-state index contributed by atoms with van der Waals surface area (Å²) in [7, 11) is 0. The maximum atomic E-state index is 10.8. The van der Waals surface area contributed by atoms with Crippen molar-refractivity contribution in [3.63, 3.8) is 0 Å². The number of rotatable bonds is 2. The van der Waals surface area contributed by atoms with Crippen LogP contribution >= 0.6 is 46.6 Å². The summed E-state index contributed by atoms with van der Waals surface area (Å²) in [6.45, 7) is 0.603. The molecule has 2 N–H and O–H groups in total. The Morgan fingerprint density at radius 2 is 2.25 bits per heavy atom. The molecule has 0 aromatic heterocycles. The first kappa shape index (κ1) is 14.2. The van der Waals surface area contributed by atoms with Gasteiger partial charge in [-0.05, 0) is 6.42 Å². The number of hydrogen-bond acceptors (Lipinski definition) is 5. The van der Waals surface area contributed by atoms with E-state index in [-0.39, 0.29) is 5.03 Å². The van der Waals surface area contributed by atoms with Gasteiger partial charge in [-0.25, -0.2) is 0 Å². The van der Waals surface area contributed by atoms with Gasteiger partial charge < -0.3 is 10.4 Å². The van der Waals surface area contributed by atoms with Gasteiger partial charge in [0.15, 0.2) is 6.10 Å². The van der Waals surface area contributed by atoms with Crippen molar-refractivity contribution < 1.29 is 10.0 Å². The van der Waals surface area contributed by atoms with Crippen molar-refractivity contribution in [3.05, 3.63) is 20.8 Å². The number of nitro groups is 1. The average molecular weight is 308 g/mol. The van der Waals surface area contributed by atoms with Crippen LogP contribution < -0.4 is 5.32 Å². The molecule has 9 heteroatoms. The van der Waals surface area contributed by atoms with Gasteiger partial charge in [-0.2, -0.15) is 0 Å². The predicted molar refractivity (Wildman–Crippen MR) is 65.4 cm³/mol. The second-order valence-corrected chi connectivity index (χ2v) is 6.52. The number of aliphatic hydroxyl groups excluding tert-OH is 1. The Morgan fingerprint density at radius 3 is 2.62 bits per heavy atom. The zero-order valence-corrected chi connectivity index (χ0v) is 11.0. The van der Waals surface area contributed by atoms with Gasteiger partial charge in [0, 0.05) is 12.3 Å². The minimum atomic E-state index is -2.12. The topological polar surface area (TPSA) is 75.4 Å². The quantitative estimate of drug-likeness (QED) is 0.463. The Bertz CT molecular complexity index is 310. The summed E-state index contributed by atoms with van der Waals surface area (Å²) >= 11 is 17.6. The number of nitrogens with one attached hydrogen (secondary N) is 1. The van der Waals surface area contributed by atoms with E-state index >= 15 is 0 Å². The smallest absolute Gasteiger partial charge is 0.308 e. The van der Waals surface area contributed by atoms with Crippen LogP contribution in [0.3, 0.4) is 0 Å². The van der Waals surface area contributed by atoms with Crippen LogP contribution in [0, 0.1) is 10.1 Å². The second kappa shape index (κ2) is 5.64. The molecule has 0 spiro atoms. The molecule has 92 valence electrons. The molecule has 0 bridgehead atoms. The normalized spacial score (nSPS) is 22.2. The van der Waals surface area contributed by atoms with E-state index in [0.29, 0.717) is 6.54 Å². The lowest BCUT2D eigenvalue weighted by Gasteiger charge is -2.21. The third-order valence-electron chi connectivity index (χ3n) is 1.85. The van der Waals surface area contributed by atoms with Crippen LogP contribution in [-0.4, -0.2) is 32.2 Å². The Morgan fingerprint density at radius 1 is 1.62 bits per heavy atom. The highest BCUT2D eigenvalue weighted by Gasteiger charge is 2.43. The third-order valence-corrected chi connectivity index (χ3v) is 3.61. The van der Waals surface area contributed by atoms with Crippen LogP contribution in [0.2, 0.25) is 0 Å². The highest BCUT2D eigenvalue weighted by atomic mass is 35.6. The van der Waals surface area contributed by atoms with Crippen LogP contribution in [-0.2, 0) is 0 Å². The molecule has 1 atom stereocenters. The van der Waals surface area contributed by atoms with Crippen LogP contribution in [0.15, 0.2) is 10.7 Å². The number of alkyl halides is 3. The van der Waals surface area contributed by atoms with Crippen molar-refractivity contribution in [3.8, 4) is 0 Å². The lowest BCUT2D eigenvalue weighted by molar-refractivity contribution is -0.436. The molecular formula is C7H9Cl3N2O3S. The summed E-state index contributed by atoms with van der Waals surface area (Å²) in [5, 5.41) is 23.5. The minimum absolute atomic E-state index is 0.259. The molecule has 1 saturated heterocycles. The zero-order valence-electron chi connectivity index (χ0n) is 7.95. The van der Waals surface area contributed by atoms with E-state index in [0.717, 1.165) is 12.2 Å². The first-order valence-corrected chi connectivity index (χ1v) is 6.46.